The predicted molar refractivity (Wildman–Crippen MR) is 68.0 cm³/mol. The largest absolute Gasteiger partial charge is 0.392 e. The van der Waals surface area contributed by atoms with Gasteiger partial charge in [0.05, 0.1) is 13.2 Å². The van der Waals surface area contributed by atoms with Crippen molar-refractivity contribution in [1.29, 1.82) is 0 Å². The molecule has 0 saturated carbocycles. The van der Waals surface area contributed by atoms with Gasteiger partial charge in [-0.2, -0.15) is 0 Å². The van der Waals surface area contributed by atoms with E-state index in [1.54, 1.807) is 4.90 Å². The number of hydrogen-bond donors (Lipinski definition) is 1. The highest BCUT2D eigenvalue weighted by atomic mass is 16.3. The molecule has 100 valence electrons. The van der Waals surface area contributed by atoms with Gasteiger partial charge in [0.15, 0.2) is 0 Å². The summed E-state index contributed by atoms with van der Waals surface area (Å²) in [5.41, 5.74) is 1.73. The van der Waals surface area contributed by atoms with Crippen molar-refractivity contribution < 1.29 is 14.7 Å². The van der Waals surface area contributed by atoms with E-state index in [9.17, 15) is 9.59 Å². The molecule has 0 radical (unpaired) electrons. The fourth-order valence-electron chi connectivity index (χ4n) is 2.76. The first-order valence-corrected chi connectivity index (χ1v) is 6.51. The average Bonchev–Trinajstić information content (AvgIpc) is 3.00. The lowest BCUT2D eigenvalue weighted by Gasteiger charge is -2.15. The Bertz CT molecular complexity index is 490. The van der Waals surface area contributed by atoms with Gasteiger partial charge in [-0.3, -0.25) is 9.69 Å². The van der Waals surface area contributed by atoms with Gasteiger partial charge in [0.25, 0.3) is 5.91 Å². The van der Waals surface area contributed by atoms with Crippen molar-refractivity contribution in [2.24, 2.45) is 0 Å². The number of urea groups is 1. The Morgan fingerprint density at radius 2 is 1.84 bits per heavy atom. The molecule has 0 aromatic heterocycles. The van der Waals surface area contributed by atoms with E-state index in [1.165, 1.54) is 4.90 Å². The van der Waals surface area contributed by atoms with E-state index in [0.717, 1.165) is 24.0 Å². The molecule has 0 spiro atoms. The molecule has 5 nitrogen and oxygen atoms in total. The maximum Gasteiger partial charge on any atom is 0.327 e. The van der Waals surface area contributed by atoms with Crippen LogP contribution in [-0.2, 0) is 17.9 Å². The number of rotatable bonds is 3. The third-order valence-corrected chi connectivity index (χ3v) is 3.83. The molecular formula is C14H16N2O3. The zero-order valence-electron chi connectivity index (χ0n) is 10.6. The van der Waals surface area contributed by atoms with Gasteiger partial charge in [-0.05, 0) is 24.0 Å². The molecular weight excluding hydrogens is 244 g/mol. The highest BCUT2D eigenvalue weighted by Gasteiger charge is 2.46. The van der Waals surface area contributed by atoms with Crippen LogP contribution < -0.4 is 0 Å². The second kappa shape index (κ2) is 4.66. The van der Waals surface area contributed by atoms with Crippen molar-refractivity contribution in [3.63, 3.8) is 0 Å². The maximum atomic E-state index is 12.1. The van der Waals surface area contributed by atoms with Crippen molar-refractivity contribution in [1.82, 2.24) is 9.80 Å². The normalized spacial score (nSPS) is 22.3. The molecule has 3 rings (SSSR count). The SMILES string of the molecule is O=C1C2CCCN2C(=O)N1Cc1ccc(CO)cc1. The average molecular weight is 260 g/mol. The molecule has 2 fully saturated rings. The maximum absolute atomic E-state index is 12.1. The van der Waals surface area contributed by atoms with E-state index in [1.807, 2.05) is 24.3 Å². The third kappa shape index (κ3) is 2.00. The quantitative estimate of drug-likeness (QED) is 0.828. The smallest absolute Gasteiger partial charge is 0.327 e. The minimum Gasteiger partial charge on any atom is -0.392 e. The molecule has 1 unspecified atom stereocenters. The van der Waals surface area contributed by atoms with E-state index >= 15 is 0 Å². The van der Waals surface area contributed by atoms with Crippen LogP contribution in [0.2, 0.25) is 0 Å². The van der Waals surface area contributed by atoms with Gasteiger partial charge in [0.2, 0.25) is 0 Å². The van der Waals surface area contributed by atoms with Crippen molar-refractivity contribution in [2.75, 3.05) is 6.54 Å². The Morgan fingerprint density at radius 3 is 2.47 bits per heavy atom. The zero-order valence-corrected chi connectivity index (χ0v) is 10.6. The second-order valence-corrected chi connectivity index (χ2v) is 5.03. The summed E-state index contributed by atoms with van der Waals surface area (Å²) in [6.07, 6.45) is 1.70. The fourth-order valence-corrected chi connectivity index (χ4v) is 2.76. The molecule has 1 atom stereocenters. The second-order valence-electron chi connectivity index (χ2n) is 5.03. The fraction of sp³-hybridized carbons (Fsp3) is 0.429. The Kier molecular flexibility index (Phi) is 2.98. The third-order valence-electron chi connectivity index (χ3n) is 3.83. The Balaban J connectivity index is 1.76. The van der Waals surface area contributed by atoms with Crippen LogP contribution in [0.15, 0.2) is 24.3 Å². The first-order chi connectivity index (χ1) is 9.20. The summed E-state index contributed by atoms with van der Waals surface area (Å²) >= 11 is 0. The number of amides is 3. The van der Waals surface area contributed by atoms with Gasteiger partial charge < -0.3 is 10.0 Å². The van der Waals surface area contributed by atoms with E-state index in [-0.39, 0.29) is 24.6 Å². The summed E-state index contributed by atoms with van der Waals surface area (Å²) in [6, 6.07) is 6.90. The lowest BCUT2D eigenvalue weighted by molar-refractivity contribution is -0.128. The number of imide groups is 1. The first-order valence-electron chi connectivity index (χ1n) is 6.51. The van der Waals surface area contributed by atoms with Crippen LogP contribution >= 0.6 is 0 Å². The van der Waals surface area contributed by atoms with Crippen LogP contribution in [0.25, 0.3) is 0 Å². The number of hydrogen-bond acceptors (Lipinski definition) is 3. The molecule has 2 heterocycles. The lowest BCUT2D eigenvalue weighted by Crippen LogP contribution is -2.32. The van der Waals surface area contributed by atoms with E-state index in [0.29, 0.717) is 13.1 Å². The van der Waals surface area contributed by atoms with E-state index in [4.69, 9.17) is 5.11 Å². The monoisotopic (exact) mass is 260 g/mol. The van der Waals surface area contributed by atoms with E-state index in [2.05, 4.69) is 0 Å². The number of nitrogens with zero attached hydrogens (tertiary/aromatic N) is 2. The Hall–Kier alpha value is -1.88. The number of carbonyl (C=O) groups is 2. The molecule has 1 aromatic carbocycles. The molecule has 0 aliphatic carbocycles. The molecule has 1 aromatic rings. The van der Waals surface area contributed by atoms with Crippen LogP contribution in [-0.4, -0.2) is 39.4 Å². The lowest BCUT2D eigenvalue weighted by atomic mass is 10.1. The van der Waals surface area contributed by atoms with Gasteiger partial charge in [0, 0.05) is 6.54 Å². The van der Waals surface area contributed by atoms with Gasteiger partial charge >= 0.3 is 6.03 Å². The van der Waals surface area contributed by atoms with Crippen LogP contribution in [0.4, 0.5) is 4.79 Å². The van der Waals surface area contributed by atoms with Gasteiger partial charge in [-0.15, -0.1) is 0 Å². The van der Waals surface area contributed by atoms with Crippen molar-refractivity contribution in [3.8, 4) is 0 Å². The number of benzene rings is 1. The van der Waals surface area contributed by atoms with Gasteiger partial charge in [0.1, 0.15) is 6.04 Å². The summed E-state index contributed by atoms with van der Waals surface area (Å²) in [5.74, 6) is -0.0752. The molecule has 2 saturated heterocycles. The Labute approximate surface area is 111 Å². The molecule has 2 aliphatic rings. The van der Waals surface area contributed by atoms with Crippen LogP contribution in [0.1, 0.15) is 24.0 Å². The molecule has 0 bridgehead atoms. The topological polar surface area (TPSA) is 60.9 Å². The zero-order chi connectivity index (χ0) is 13.4. The standard InChI is InChI=1S/C14H16N2O3/c17-9-11-5-3-10(4-6-11)8-16-13(18)12-2-1-7-15(12)14(16)19/h3-6,12,17H,1-2,7-9H2. The number of aliphatic hydroxyl groups is 1. The van der Waals surface area contributed by atoms with E-state index < -0.39 is 0 Å². The summed E-state index contributed by atoms with van der Waals surface area (Å²) in [6.45, 7) is 1.00. The number of carbonyl (C=O) groups excluding carboxylic acids is 2. The first kappa shape index (κ1) is 12.2. The summed E-state index contributed by atoms with van der Waals surface area (Å²) in [4.78, 5) is 27.3. The molecule has 3 amide bonds. The van der Waals surface area contributed by atoms with Crippen molar-refractivity contribution >= 4 is 11.9 Å². The Morgan fingerprint density at radius 1 is 1.16 bits per heavy atom. The predicted octanol–water partition coefficient (Wildman–Crippen LogP) is 1.11. The summed E-state index contributed by atoms with van der Waals surface area (Å²) in [5, 5.41) is 8.98. The van der Waals surface area contributed by atoms with Crippen molar-refractivity contribution in [2.45, 2.75) is 32.0 Å². The van der Waals surface area contributed by atoms with Crippen LogP contribution in [0.3, 0.4) is 0 Å². The molecule has 5 heteroatoms. The number of aliphatic hydroxyl groups excluding tert-OH is 1. The summed E-state index contributed by atoms with van der Waals surface area (Å²) < 4.78 is 0. The van der Waals surface area contributed by atoms with Crippen molar-refractivity contribution in [3.05, 3.63) is 35.4 Å². The van der Waals surface area contributed by atoms with Gasteiger partial charge in [-0.1, -0.05) is 24.3 Å². The highest BCUT2D eigenvalue weighted by Crippen LogP contribution is 2.28. The summed E-state index contributed by atoms with van der Waals surface area (Å²) in [7, 11) is 0. The molecule has 2 aliphatic heterocycles. The minimum absolute atomic E-state index is 0.00227. The highest BCUT2D eigenvalue weighted by molar-refractivity contribution is 6.04. The minimum atomic E-state index is -0.232. The molecule has 1 N–H and O–H groups in total. The van der Waals surface area contributed by atoms with Crippen LogP contribution in [0, 0.1) is 0 Å². The molecule has 19 heavy (non-hydrogen) atoms. The van der Waals surface area contributed by atoms with Crippen LogP contribution in [0.5, 0.6) is 0 Å². The number of fused-ring (bicyclic) bond motifs is 1. The van der Waals surface area contributed by atoms with Gasteiger partial charge in [-0.25, -0.2) is 4.79 Å².